The number of benzene rings is 2. The zero-order valence-electron chi connectivity index (χ0n) is 11.8. The molecule has 0 radical (unpaired) electrons. The van der Waals surface area contributed by atoms with Crippen LogP contribution in [0.2, 0.25) is 5.02 Å². The van der Waals surface area contributed by atoms with E-state index in [4.69, 9.17) is 29.6 Å². The zero-order valence-corrected chi connectivity index (χ0v) is 13.4. The van der Waals surface area contributed by atoms with Crippen LogP contribution in [0.25, 0.3) is 0 Å². The molecule has 5 heteroatoms. The predicted molar refractivity (Wildman–Crippen MR) is 90.5 cm³/mol. The highest BCUT2D eigenvalue weighted by molar-refractivity contribution is 7.80. The third-order valence-corrected chi connectivity index (χ3v) is 3.77. The molecule has 0 spiro atoms. The monoisotopic (exact) mass is 322 g/mol. The summed E-state index contributed by atoms with van der Waals surface area (Å²) in [5.74, 6) is -0.221. The van der Waals surface area contributed by atoms with Gasteiger partial charge in [0, 0.05) is 22.3 Å². The van der Waals surface area contributed by atoms with Crippen molar-refractivity contribution < 1.29 is 4.39 Å². The molecule has 0 fully saturated rings. The van der Waals surface area contributed by atoms with Crippen LogP contribution in [0.3, 0.4) is 0 Å². The van der Waals surface area contributed by atoms with Crippen molar-refractivity contribution in [3.8, 4) is 0 Å². The summed E-state index contributed by atoms with van der Waals surface area (Å²) < 4.78 is 13.7. The highest BCUT2D eigenvalue weighted by Gasteiger charge is 2.12. The normalized spacial score (nSPS) is 12.0. The summed E-state index contributed by atoms with van der Waals surface area (Å²) in [5.41, 5.74) is 8.63. The Morgan fingerprint density at radius 3 is 2.62 bits per heavy atom. The van der Waals surface area contributed by atoms with E-state index in [9.17, 15) is 4.39 Å². The van der Waals surface area contributed by atoms with E-state index in [0.717, 1.165) is 11.3 Å². The average molecular weight is 323 g/mol. The van der Waals surface area contributed by atoms with E-state index in [2.05, 4.69) is 5.32 Å². The second-order valence-corrected chi connectivity index (χ2v) is 5.81. The molecule has 2 rings (SSSR count). The SMILES string of the molecule is Cc1ccc(C(C)Nc2cc(Cl)ccc2C(N)=S)cc1F. The highest BCUT2D eigenvalue weighted by Crippen LogP contribution is 2.26. The minimum Gasteiger partial charge on any atom is -0.389 e. The molecule has 0 bridgehead atoms. The maximum Gasteiger partial charge on any atom is 0.126 e. The number of nitrogens with two attached hydrogens (primary N) is 1. The van der Waals surface area contributed by atoms with Crippen LogP contribution in [0.5, 0.6) is 0 Å². The molecule has 3 N–H and O–H groups in total. The van der Waals surface area contributed by atoms with Crippen LogP contribution < -0.4 is 11.1 Å². The van der Waals surface area contributed by atoms with Crippen LogP contribution in [0, 0.1) is 12.7 Å². The fourth-order valence-corrected chi connectivity index (χ4v) is 2.40. The van der Waals surface area contributed by atoms with Crippen molar-refractivity contribution in [1.29, 1.82) is 0 Å². The Morgan fingerprint density at radius 1 is 1.29 bits per heavy atom. The second-order valence-electron chi connectivity index (χ2n) is 4.93. The van der Waals surface area contributed by atoms with E-state index in [1.54, 1.807) is 31.2 Å². The van der Waals surface area contributed by atoms with Gasteiger partial charge in [-0.05, 0) is 49.2 Å². The number of rotatable bonds is 4. The van der Waals surface area contributed by atoms with Gasteiger partial charge in [0.05, 0.1) is 0 Å². The van der Waals surface area contributed by atoms with Crippen molar-refractivity contribution in [2.45, 2.75) is 19.9 Å². The summed E-state index contributed by atoms with van der Waals surface area (Å²) in [5, 5.41) is 3.86. The molecule has 110 valence electrons. The lowest BCUT2D eigenvalue weighted by atomic mass is 10.0. The average Bonchev–Trinajstić information content (AvgIpc) is 2.41. The molecular formula is C16H16ClFN2S. The van der Waals surface area contributed by atoms with Crippen molar-refractivity contribution in [2.24, 2.45) is 5.73 Å². The van der Waals surface area contributed by atoms with Gasteiger partial charge in [-0.25, -0.2) is 4.39 Å². The van der Waals surface area contributed by atoms with Gasteiger partial charge >= 0.3 is 0 Å². The van der Waals surface area contributed by atoms with E-state index in [1.807, 2.05) is 13.0 Å². The lowest BCUT2D eigenvalue weighted by molar-refractivity contribution is 0.614. The third kappa shape index (κ3) is 3.71. The molecule has 0 saturated carbocycles. The Balaban J connectivity index is 2.30. The first-order valence-electron chi connectivity index (χ1n) is 6.50. The van der Waals surface area contributed by atoms with Gasteiger partial charge in [-0.15, -0.1) is 0 Å². The summed E-state index contributed by atoms with van der Waals surface area (Å²) in [7, 11) is 0. The number of aryl methyl sites for hydroxylation is 1. The molecule has 1 unspecified atom stereocenters. The van der Waals surface area contributed by atoms with Gasteiger partial charge in [0.1, 0.15) is 10.8 Å². The van der Waals surface area contributed by atoms with Gasteiger partial charge in [0.25, 0.3) is 0 Å². The van der Waals surface area contributed by atoms with Gasteiger partial charge in [-0.2, -0.15) is 0 Å². The standard InChI is InChI=1S/C16H16ClFN2S/c1-9-3-4-11(7-14(9)18)10(2)20-15-8-12(17)5-6-13(15)16(19)21/h3-8,10,20H,1-2H3,(H2,19,21). The van der Waals surface area contributed by atoms with E-state index >= 15 is 0 Å². The predicted octanol–water partition coefficient (Wildman–Crippen LogP) is 4.59. The second kappa shape index (κ2) is 6.41. The summed E-state index contributed by atoms with van der Waals surface area (Å²) in [6.45, 7) is 3.67. The molecule has 2 nitrogen and oxygen atoms in total. The lowest BCUT2D eigenvalue weighted by Gasteiger charge is -2.19. The van der Waals surface area contributed by atoms with E-state index in [1.165, 1.54) is 6.07 Å². The Labute approximate surface area is 134 Å². The van der Waals surface area contributed by atoms with Crippen molar-refractivity contribution >= 4 is 34.5 Å². The minimum absolute atomic E-state index is 0.105. The first-order valence-corrected chi connectivity index (χ1v) is 7.29. The fourth-order valence-electron chi connectivity index (χ4n) is 2.05. The van der Waals surface area contributed by atoms with Crippen LogP contribution in [0.1, 0.15) is 29.7 Å². The fraction of sp³-hybridized carbons (Fsp3) is 0.188. The van der Waals surface area contributed by atoms with Crippen molar-refractivity contribution in [1.82, 2.24) is 0 Å². The summed E-state index contributed by atoms with van der Waals surface area (Å²) in [4.78, 5) is 0.288. The smallest absolute Gasteiger partial charge is 0.126 e. The van der Waals surface area contributed by atoms with E-state index in [0.29, 0.717) is 16.1 Å². The maximum atomic E-state index is 13.7. The van der Waals surface area contributed by atoms with Crippen LogP contribution in [0.15, 0.2) is 36.4 Å². The minimum atomic E-state index is -0.221. The number of nitrogens with one attached hydrogen (secondary N) is 1. The quantitative estimate of drug-likeness (QED) is 0.808. The number of halogens is 2. The number of hydrogen-bond acceptors (Lipinski definition) is 2. The van der Waals surface area contributed by atoms with E-state index in [-0.39, 0.29) is 16.8 Å². The first-order chi connectivity index (χ1) is 9.88. The largest absolute Gasteiger partial charge is 0.389 e. The van der Waals surface area contributed by atoms with Gasteiger partial charge in [0.2, 0.25) is 0 Å². The number of anilines is 1. The molecule has 0 saturated heterocycles. The molecule has 0 heterocycles. The van der Waals surface area contributed by atoms with Crippen molar-refractivity contribution in [2.75, 3.05) is 5.32 Å². The van der Waals surface area contributed by atoms with Crippen LogP contribution in [-0.4, -0.2) is 4.99 Å². The highest BCUT2D eigenvalue weighted by atomic mass is 35.5. The topological polar surface area (TPSA) is 38.0 Å². The Hall–Kier alpha value is -1.65. The van der Waals surface area contributed by atoms with Gasteiger partial charge in [-0.1, -0.05) is 36.0 Å². The molecule has 0 aliphatic carbocycles. The summed E-state index contributed by atoms with van der Waals surface area (Å²) >= 11 is 11.0. The molecular weight excluding hydrogens is 307 g/mol. The lowest BCUT2D eigenvalue weighted by Crippen LogP contribution is -2.15. The molecule has 2 aromatic rings. The van der Waals surface area contributed by atoms with Gasteiger partial charge in [0.15, 0.2) is 0 Å². The molecule has 0 aromatic heterocycles. The number of hydrogen-bond donors (Lipinski definition) is 2. The molecule has 1 atom stereocenters. The first kappa shape index (κ1) is 15.7. The van der Waals surface area contributed by atoms with Gasteiger partial charge < -0.3 is 11.1 Å². The van der Waals surface area contributed by atoms with Gasteiger partial charge in [-0.3, -0.25) is 0 Å². The van der Waals surface area contributed by atoms with Crippen LogP contribution in [-0.2, 0) is 0 Å². The van der Waals surface area contributed by atoms with Crippen LogP contribution in [0.4, 0.5) is 10.1 Å². The molecule has 0 amide bonds. The maximum absolute atomic E-state index is 13.7. The number of thiocarbonyl (C=S) groups is 1. The van der Waals surface area contributed by atoms with Crippen molar-refractivity contribution in [3.63, 3.8) is 0 Å². The third-order valence-electron chi connectivity index (χ3n) is 3.31. The summed E-state index contributed by atoms with van der Waals surface area (Å²) in [6, 6.07) is 10.3. The zero-order chi connectivity index (χ0) is 15.6. The Morgan fingerprint density at radius 2 is 2.00 bits per heavy atom. The Kier molecular flexibility index (Phi) is 4.80. The molecule has 21 heavy (non-hydrogen) atoms. The van der Waals surface area contributed by atoms with E-state index < -0.39 is 0 Å². The molecule has 0 aliphatic rings. The molecule has 2 aromatic carbocycles. The summed E-state index contributed by atoms with van der Waals surface area (Å²) in [6.07, 6.45) is 0. The Bertz CT molecular complexity index is 688. The van der Waals surface area contributed by atoms with Crippen LogP contribution >= 0.6 is 23.8 Å². The molecule has 0 aliphatic heterocycles. The van der Waals surface area contributed by atoms with Crippen molar-refractivity contribution in [3.05, 3.63) is 63.9 Å².